The van der Waals surface area contributed by atoms with Crippen LogP contribution in [0.15, 0.2) is 48.7 Å². The molecule has 0 bridgehead atoms. The van der Waals surface area contributed by atoms with E-state index in [-0.39, 0.29) is 6.03 Å². The molecule has 2 N–H and O–H groups in total. The van der Waals surface area contributed by atoms with Crippen LogP contribution in [-0.2, 0) is 11.3 Å². The Hall–Kier alpha value is -2.80. The van der Waals surface area contributed by atoms with Crippen molar-refractivity contribution in [3.63, 3.8) is 0 Å². The van der Waals surface area contributed by atoms with E-state index in [1.807, 2.05) is 30.3 Å². The maximum atomic E-state index is 12.2. The molecule has 2 aromatic rings. The van der Waals surface area contributed by atoms with E-state index in [0.29, 0.717) is 26.3 Å². The smallest absolute Gasteiger partial charge is 0.315 e. The van der Waals surface area contributed by atoms with E-state index in [1.165, 1.54) is 5.69 Å². The van der Waals surface area contributed by atoms with Crippen molar-refractivity contribution in [2.75, 3.05) is 55.7 Å². The number of urea groups is 1. The van der Waals surface area contributed by atoms with Crippen LogP contribution < -0.4 is 20.4 Å². The maximum absolute atomic E-state index is 12.2. The molecule has 0 unspecified atom stereocenters. The van der Waals surface area contributed by atoms with Gasteiger partial charge in [-0.1, -0.05) is 24.3 Å². The van der Waals surface area contributed by atoms with Gasteiger partial charge >= 0.3 is 6.03 Å². The number of ether oxygens (including phenoxy) is 1. The van der Waals surface area contributed by atoms with Crippen LogP contribution in [0.1, 0.15) is 18.9 Å². The van der Waals surface area contributed by atoms with Crippen LogP contribution in [0.3, 0.4) is 0 Å². The number of carbonyl (C=O) groups excluding carboxylic acids is 1. The lowest BCUT2D eigenvalue weighted by molar-refractivity contribution is 0.122. The van der Waals surface area contributed by atoms with Crippen molar-refractivity contribution in [3.8, 4) is 0 Å². The molecule has 7 heteroatoms. The van der Waals surface area contributed by atoms with Crippen molar-refractivity contribution in [3.05, 3.63) is 54.2 Å². The Kier molecular flexibility index (Phi) is 8.12. The van der Waals surface area contributed by atoms with Gasteiger partial charge in [0.15, 0.2) is 0 Å². The summed E-state index contributed by atoms with van der Waals surface area (Å²) in [6, 6.07) is 14.1. The summed E-state index contributed by atoms with van der Waals surface area (Å²) < 4.78 is 5.41. The van der Waals surface area contributed by atoms with Gasteiger partial charge in [0.05, 0.1) is 13.2 Å². The van der Waals surface area contributed by atoms with Gasteiger partial charge in [-0.25, -0.2) is 9.78 Å². The number of pyridine rings is 1. The number of hydrogen-bond donors (Lipinski definition) is 2. The molecule has 3 rings (SSSR count). The molecule has 7 nitrogen and oxygen atoms in total. The highest BCUT2D eigenvalue weighted by Gasteiger charge is 2.16. The average molecular weight is 398 g/mol. The first-order chi connectivity index (χ1) is 14.3. The monoisotopic (exact) mass is 397 g/mol. The number of anilines is 2. The van der Waals surface area contributed by atoms with Gasteiger partial charge < -0.3 is 25.2 Å². The molecule has 1 saturated heterocycles. The highest BCUT2D eigenvalue weighted by atomic mass is 16.5. The topological polar surface area (TPSA) is 69.7 Å². The first-order valence-electron chi connectivity index (χ1n) is 10.4. The Balaban J connectivity index is 1.40. The lowest BCUT2D eigenvalue weighted by Gasteiger charge is -2.29. The minimum absolute atomic E-state index is 0.149. The van der Waals surface area contributed by atoms with Gasteiger partial charge in [-0.15, -0.1) is 0 Å². The van der Waals surface area contributed by atoms with Gasteiger partial charge in [-0.2, -0.15) is 0 Å². The predicted octanol–water partition coefficient (Wildman–Crippen LogP) is 2.63. The van der Waals surface area contributed by atoms with Crippen LogP contribution >= 0.6 is 0 Å². The first-order valence-corrected chi connectivity index (χ1v) is 10.4. The molecular weight excluding hydrogens is 366 g/mol. The van der Waals surface area contributed by atoms with Crippen molar-refractivity contribution < 1.29 is 9.53 Å². The molecule has 0 aliphatic carbocycles. The van der Waals surface area contributed by atoms with Crippen LogP contribution in [0, 0.1) is 0 Å². The third kappa shape index (κ3) is 6.35. The summed E-state index contributed by atoms with van der Waals surface area (Å²) in [5.74, 6) is 0.928. The largest absolute Gasteiger partial charge is 0.378 e. The minimum atomic E-state index is -0.149. The number of amides is 2. The van der Waals surface area contributed by atoms with E-state index in [2.05, 4.69) is 44.5 Å². The Labute approximate surface area is 173 Å². The van der Waals surface area contributed by atoms with Gasteiger partial charge in [0.1, 0.15) is 5.82 Å². The molecule has 0 saturated carbocycles. The average Bonchev–Trinajstić information content (AvgIpc) is 2.79. The number of carbonyl (C=O) groups is 1. The highest BCUT2D eigenvalue weighted by molar-refractivity contribution is 5.74. The summed E-state index contributed by atoms with van der Waals surface area (Å²) in [5.41, 5.74) is 2.23. The molecule has 156 valence electrons. The third-order valence-corrected chi connectivity index (χ3v) is 5.01. The van der Waals surface area contributed by atoms with Crippen molar-refractivity contribution in [1.82, 2.24) is 15.6 Å². The molecule has 1 aliphatic heterocycles. The number of nitrogens with one attached hydrogen (secondary N) is 2. The quantitative estimate of drug-likeness (QED) is 0.637. The fraction of sp³-hybridized carbons (Fsp3) is 0.455. The fourth-order valence-electron chi connectivity index (χ4n) is 3.45. The zero-order valence-electron chi connectivity index (χ0n) is 17.1. The second-order valence-corrected chi connectivity index (χ2v) is 6.96. The lowest BCUT2D eigenvalue weighted by atomic mass is 10.2. The molecule has 1 aliphatic rings. The number of nitrogens with zero attached hydrogens (tertiary/aromatic N) is 3. The molecule has 1 aromatic carbocycles. The first kappa shape index (κ1) is 20.9. The van der Waals surface area contributed by atoms with Gasteiger partial charge in [0.2, 0.25) is 0 Å². The maximum Gasteiger partial charge on any atom is 0.315 e. The SMILES string of the molecule is CCN(CCCNC(=O)NCc1cccnc1N1CCOCC1)c1ccccc1. The summed E-state index contributed by atoms with van der Waals surface area (Å²) in [6.45, 7) is 8.16. The van der Waals surface area contributed by atoms with Crippen molar-refractivity contribution in [2.24, 2.45) is 0 Å². The highest BCUT2D eigenvalue weighted by Crippen LogP contribution is 2.18. The van der Waals surface area contributed by atoms with Crippen molar-refractivity contribution >= 4 is 17.5 Å². The number of aromatic nitrogens is 1. The summed E-state index contributed by atoms with van der Waals surface area (Å²) in [6.07, 6.45) is 2.68. The van der Waals surface area contributed by atoms with Crippen LogP contribution in [-0.4, -0.2) is 57.0 Å². The minimum Gasteiger partial charge on any atom is -0.378 e. The van der Waals surface area contributed by atoms with Crippen LogP contribution in [0.25, 0.3) is 0 Å². The van der Waals surface area contributed by atoms with E-state index >= 15 is 0 Å². The molecule has 1 fully saturated rings. The van der Waals surface area contributed by atoms with E-state index in [9.17, 15) is 4.79 Å². The Morgan fingerprint density at radius 2 is 1.93 bits per heavy atom. The zero-order valence-corrected chi connectivity index (χ0v) is 17.1. The van der Waals surface area contributed by atoms with Crippen molar-refractivity contribution in [2.45, 2.75) is 19.9 Å². The number of hydrogen-bond acceptors (Lipinski definition) is 5. The molecule has 2 amide bonds. The van der Waals surface area contributed by atoms with E-state index in [1.54, 1.807) is 6.20 Å². The second-order valence-electron chi connectivity index (χ2n) is 6.96. The molecule has 1 aromatic heterocycles. The molecule has 0 radical (unpaired) electrons. The fourth-order valence-corrected chi connectivity index (χ4v) is 3.45. The van der Waals surface area contributed by atoms with Gasteiger partial charge in [0.25, 0.3) is 0 Å². The standard InChI is InChI=1S/C22H31N5O2/c1-2-26(20-9-4-3-5-10-20)13-7-12-24-22(28)25-18-19-8-6-11-23-21(19)27-14-16-29-17-15-27/h3-6,8-11H,2,7,12-18H2,1H3,(H2,24,25,28). The number of benzene rings is 1. The summed E-state index contributed by atoms with van der Waals surface area (Å²) in [4.78, 5) is 21.2. The molecule has 29 heavy (non-hydrogen) atoms. The van der Waals surface area contributed by atoms with E-state index in [0.717, 1.165) is 44.0 Å². The van der Waals surface area contributed by atoms with Gasteiger partial charge in [0, 0.05) is 56.7 Å². The lowest BCUT2D eigenvalue weighted by Crippen LogP contribution is -2.39. The summed E-state index contributed by atoms with van der Waals surface area (Å²) in [7, 11) is 0. The second kappa shape index (κ2) is 11.3. The van der Waals surface area contributed by atoms with Gasteiger partial charge in [-0.05, 0) is 31.5 Å². The predicted molar refractivity (Wildman–Crippen MR) is 116 cm³/mol. The molecule has 2 heterocycles. The van der Waals surface area contributed by atoms with Crippen LogP contribution in [0.5, 0.6) is 0 Å². The van der Waals surface area contributed by atoms with Gasteiger partial charge in [-0.3, -0.25) is 0 Å². The number of rotatable bonds is 9. The number of morpholine rings is 1. The Bertz CT molecular complexity index is 750. The van der Waals surface area contributed by atoms with Crippen molar-refractivity contribution in [1.29, 1.82) is 0 Å². The van der Waals surface area contributed by atoms with Crippen LogP contribution in [0.2, 0.25) is 0 Å². The van der Waals surface area contributed by atoms with Crippen LogP contribution in [0.4, 0.5) is 16.3 Å². The molecular formula is C22H31N5O2. The Morgan fingerprint density at radius 3 is 2.69 bits per heavy atom. The van der Waals surface area contributed by atoms with E-state index < -0.39 is 0 Å². The van der Waals surface area contributed by atoms with E-state index in [4.69, 9.17) is 4.74 Å². The summed E-state index contributed by atoms with van der Waals surface area (Å²) >= 11 is 0. The Morgan fingerprint density at radius 1 is 1.14 bits per heavy atom. The number of para-hydroxylation sites is 1. The normalized spacial score (nSPS) is 13.8. The third-order valence-electron chi connectivity index (χ3n) is 5.01. The summed E-state index contributed by atoms with van der Waals surface area (Å²) in [5, 5.41) is 5.90. The molecule has 0 atom stereocenters. The zero-order chi connectivity index (χ0) is 20.3. The molecule has 0 spiro atoms.